The Kier molecular flexibility index (Phi) is 10.9. The summed E-state index contributed by atoms with van der Waals surface area (Å²) >= 11 is 0. The van der Waals surface area contributed by atoms with Crippen LogP contribution in [0.1, 0.15) is 29.7 Å². The van der Waals surface area contributed by atoms with E-state index in [9.17, 15) is 9.18 Å². The van der Waals surface area contributed by atoms with Crippen LogP contribution in [0.25, 0.3) is 11.3 Å². The van der Waals surface area contributed by atoms with Crippen LogP contribution in [0.3, 0.4) is 0 Å². The molecule has 0 aliphatic rings. The molecule has 4 N–H and O–H groups in total. The normalized spacial score (nSPS) is 11.0. The Morgan fingerprint density at radius 3 is 2.39 bits per heavy atom. The third-order valence-corrected chi connectivity index (χ3v) is 4.63. The summed E-state index contributed by atoms with van der Waals surface area (Å²) in [5, 5.41) is 10.1. The minimum Gasteiger partial charge on any atom is -0.384 e. The van der Waals surface area contributed by atoms with E-state index < -0.39 is 29.2 Å². The zero-order valence-corrected chi connectivity index (χ0v) is 19.3. The molecule has 0 saturated heterocycles. The van der Waals surface area contributed by atoms with Gasteiger partial charge in [-0.15, -0.1) is 24.8 Å². The van der Waals surface area contributed by atoms with Gasteiger partial charge in [0.1, 0.15) is 17.5 Å². The molecule has 0 spiro atoms. The SMILES string of the molecule is CCO[C@H](C(=O)NCc1ccc(C(=N)N)cc1)c1c(F)ccc(-c2ccccn2)c1F.Cl.Cl. The number of hydrogen-bond donors (Lipinski definition) is 3. The zero-order chi connectivity index (χ0) is 22.4. The first kappa shape index (κ1) is 28.0. The Labute approximate surface area is 202 Å². The molecular formula is C23H24Cl2F2N4O2. The van der Waals surface area contributed by atoms with E-state index >= 15 is 4.39 Å². The number of benzene rings is 2. The Morgan fingerprint density at radius 2 is 1.82 bits per heavy atom. The summed E-state index contributed by atoms with van der Waals surface area (Å²) in [7, 11) is 0. The van der Waals surface area contributed by atoms with Crippen molar-refractivity contribution < 1.29 is 18.3 Å². The molecular weight excluding hydrogens is 473 g/mol. The van der Waals surface area contributed by atoms with Gasteiger partial charge in [-0.05, 0) is 36.8 Å². The highest BCUT2D eigenvalue weighted by Crippen LogP contribution is 2.31. The number of halogens is 4. The molecule has 6 nitrogen and oxygen atoms in total. The van der Waals surface area contributed by atoms with E-state index in [2.05, 4.69) is 10.3 Å². The number of nitrogen functional groups attached to an aromatic ring is 1. The van der Waals surface area contributed by atoms with Gasteiger partial charge in [0.2, 0.25) is 0 Å². The second-order valence-electron chi connectivity index (χ2n) is 6.70. The lowest BCUT2D eigenvalue weighted by molar-refractivity contribution is -0.133. The smallest absolute Gasteiger partial charge is 0.254 e. The molecule has 33 heavy (non-hydrogen) atoms. The summed E-state index contributed by atoms with van der Waals surface area (Å²) in [4.78, 5) is 16.9. The number of amidine groups is 1. The molecule has 0 fully saturated rings. The maximum atomic E-state index is 15.3. The van der Waals surface area contributed by atoms with Crippen LogP contribution in [0.4, 0.5) is 8.78 Å². The monoisotopic (exact) mass is 496 g/mol. The Balaban J connectivity index is 0.00000272. The lowest BCUT2D eigenvalue weighted by Crippen LogP contribution is -2.32. The Bertz CT molecular complexity index is 1080. The highest BCUT2D eigenvalue weighted by atomic mass is 35.5. The maximum absolute atomic E-state index is 15.3. The van der Waals surface area contributed by atoms with Gasteiger partial charge < -0.3 is 15.8 Å². The highest BCUT2D eigenvalue weighted by Gasteiger charge is 2.29. The van der Waals surface area contributed by atoms with E-state index in [1.165, 1.54) is 12.3 Å². The molecule has 0 unspecified atom stereocenters. The number of rotatable bonds is 8. The van der Waals surface area contributed by atoms with Crippen LogP contribution in [0.15, 0.2) is 60.8 Å². The predicted octanol–water partition coefficient (Wildman–Crippen LogP) is 4.55. The van der Waals surface area contributed by atoms with Gasteiger partial charge in [-0.3, -0.25) is 15.2 Å². The summed E-state index contributed by atoms with van der Waals surface area (Å²) in [6.07, 6.45) is 0.0345. The molecule has 3 aromatic rings. The molecule has 10 heteroatoms. The first-order valence-electron chi connectivity index (χ1n) is 9.64. The second kappa shape index (κ2) is 12.8. The number of pyridine rings is 1. The van der Waals surface area contributed by atoms with Crippen LogP contribution in [0, 0.1) is 17.0 Å². The van der Waals surface area contributed by atoms with Gasteiger partial charge in [0, 0.05) is 30.5 Å². The minimum atomic E-state index is -1.47. The topological polar surface area (TPSA) is 101 Å². The van der Waals surface area contributed by atoms with E-state index in [1.54, 1.807) is 49.4 Å². The van der Waals surface area contributed by atoms with Gasteiger partial charge in [-0.1, -0.05) is 30.3 Å². The fraction of sp³-hybridized carbons (Fsp3) is 0.174. The standard InChI is InChI=1S/C23H22F2N4O2.2ClH/c1-2-31-21(23(30)29-13-14-6-8-15(9-7-14)22(26)27)19-17(24)11-10-16(20(19)25)18-5-3-4-12-28-18;;/h3-12,21H,2,13H2,1H3,(H3,26,27)(H,29,30);2*1H/t21-;;/m0../s1. The maximum Gasteiger partial charge on any atom is 0.254 e. The van der Waals surface area contributed by atoms with Gasteiger partial charge in [0.25, 0.3) is 5.91 Å². The molecule has 176 valence electrons. The quantitative estimate of drug-likeness (QED) is 0.314. The van der Waals surface area contributed by atoms with Crippen molar-refractivity contribution in [1.82, 2.24) is 10.3 Å². The summed E-state index contributed by atoms with van der Waals surface area (Å²) in [5.74, 6) is -2.51. The van der Waals surface area contributed by atoms with E-state index in [0.717, 1.165) is 11.6 Å². The molecule has 1 heterocycles. The first-order valence-corrected chi connectivity index (χ1v) is 9.64. The number of carbonyl (C=O) groups is 1. The van der Waals surface area contributed by atoms with E-state index in [-0.39, 0.29) is 49.4 Å². The molecule has 0 aliphatic carbocycles. The molecule has 1 amide bonds. The van der Waals surface area contributed by atoms with Gasteiger partial charge in [-0.25, -0.2) is 8.78 Å². The molecule has 1 aromatic heterocycles. The summed E-state index contributed by atoms with van der Waals surface area (Å²) < 4.78 is 35.3. The summed E-state index contributed by atoms with van der Waals surface area (Å²) in [6, 6.07) is 14.1. The van der Waals surface area contributed by atoms with E-state index in [4.69, 9.17) is 15.9 Å². The van der Waals surface area contributed by atoms with Crippen molar-refractivity contribution in [2.45, 2.75) is 19.6 Å². The minimum absolute atomic E-state index is 0. The van der Waals surface area contributed by atoms with Crippen molar-refractivity contribution in [3.8, 4) is 11.3 Å². The predicted molar refractivity (Wildman–Crippen MR) is 128 cm³/mol. The number of aromatic nitrogens is 1. The van der Waals surface area contributed by atoms with Gasteiger partial charge in [-0.2, -0.15) is 0 Å². The molecule has 0 aliphatic heterocycles. The molecule has 1 atom stereocenters. The molecule has 0 radical (unpaired) electrons. The van der Waals surface area contributed by atoms with Gasteiger partial charge in [0.15, 0.2) is 6.10 Å². The zero-order valence-electron chi connectivity index (χ0n) is 17.7. The fourth-order valence-electron chi connectivity index (χ4n) is 3.07. The average molecular weight is 497 g/mol. The van der Waals surface area contributed by atoms with Gasteiger partial charge >= 0.3 is 0 Å². The number of nitrogens with one attached hydrogen (secondary N) is 2. The van der Waals surface area contributed by atoms with Crippen LogP contribution < -0.4 is 11.1 Å². The van der Waals surface area contributed by atoms with Crippen molar-refractivity contribution in [2.75, 3.05) is 6.61 Å². The summed E-state index contributed by atoms with van der Waals surface area (Å²) in [6.45, 7) is 1.83. The van der Waals surface area contributed by atoms with Crippen molar-refractivity contribution in [2.24, 2.45) is 5.73 Å². The third-order valence-electron chi connectivity index (χ3n) is 4.63. The Morgan fingerprint density at radius 1 is 1.12 bits per heavy atom. The number of hydrogen-bond acceptors (Lipinski definition) is 4. The van der Waals surface area contributed by atoms with Crippen LogP contribution in [-0.2, 0) is 16.1 Å². The number of ether oxygens (including phenoxy) is 1. The fourth-order valence-corrected chi connectivity index (χ4v) is 3.07. The molecule has 2 aromatic carbocycles. The lowest BCUT2D eigenvalue weighted by Gasteiger charge is -2.20. The average Bonchev–Trinajstić information content (AvgIpc) is 2.77. The first-order chi connectivity index (χ1) is 14.9. The lowest BCUT2D eigenvalue weighted by atomic mass is 10.0. The van der Waals surface area contributed by atoms with Crippen molar-refractivity contribution in [3.63, 3.8) is 0 Å². The Hall–Kier alpha value is -3.07. The largest absolute Gasteiger partial charge is 0.384 e. The second-order valence-corrected chi connectivity index (χ2v) is 6.70. The van der Waals surface area contributed by atoms with Crippen LogP contribution in [-0.4, -0.2) is 23.3 Å². The van der Waals surface area contributed by atoms with Gasteiger partial charge in [0.05, 0.1) is 11.3 Å². The summed E-state index contributed by atoms with van der Waals surface area (Å²) in [5.41, 5.74) is 6.65. The van der Waals surface area contributed by atoms with Crippen molar-refractivity contribution >= 4 is 36.6 Å². The molecule has 0 saturated carbocycles. The molecule has 0 bridgehead atoms. The van der Waals surface area contributed by atoms with Crippen LogP contribution in [0.5, 0.6) is 0 Å². The number of nitrogens with two attached hydrogens (primary N) is 1. The number of amides is 1. The van der Waals surface area contributed by atoms with E-state index in [0.29, 0.717) is 11.3 Å². The van der Waals surface area contributed by atoms with Crippen LogP contribution >= 0.6 is 24.8 Å². The molecule has 3 rings (SSSR count). The highest BCUT2D eigenvalue weighted by molar-refractivity contribution is 5.94. The van der Waals surface area contributed by atoms with Crippen LogP contribution in [0.2, 0.25) is 0 Å². The third kappa shape index (κ3) is 6.71. The number of nitrogens with zero attached hydrogens (tertiary/aromatic N) is 1. The van der Waals surface area contributed by atoms with E-state index in [1.807, 2.05) is 0 Å². The van der Waals surface area contributed by atoms with Crippen molar-refractivity contribution in [3.05, 3.63) is 89.1 Å². The number of carbonyl (C=O) groups excluding carboxylic acids is 1. The van der Waals surface area contributed by atoms with Crippen molar-refractivity contribution in [1.29, 1.82) is 5.41 Å².